The van der Waals surface area contributed by atoms with E-state index in [0.717, 1.165) is 25.9 Å². The van der Waals surface area contributed by atoms with E-state index in [9.17, 15) is 13.2 Å². The van der Waals surface area contributed by atoms with Crippen molar-refractivity contribution in [3.8, 4) is 0 Å². The van der Waals surface area contributed by atoms with E-state index in [4.69, 9.17) is 11.6 Å². The summed E-state index contributed by atoms with van der Waals surface area (Å²) in [6, 6.07) is 12.5. The van der Waals surface area contributed by atoms with Gasteiger partial charge in [0.15, 0.2) is 0 Å². The van der Waals surface area contributed by atoms with E-state index in [1.54, 1.807) is 30.3 Å². The third kappa shape index (κ3) is 4.75. The van der Waals surface area contributed by atoms with Crippen molar-refractivity contribution in [3.63, 3.8) is 0 Å². The first-order chi connectivity index (χ1) is 12.4. The van der Waals surface area contributed by atoms with Gasteiger partial charge in [0.1, 0.15) is 0 Å². The molecule has 1 amide bonds. The van der Waals surface area contributed by atoms with Crippen molar-refractivity contribution in [3.05, 3.63) is 59.1 Å². The molecule has 0 aliphatic carbocycles. The molecule has 6 nitrogen and oxygen atoms in total. The topological polar surface area (TPSA) is 87.3 Å². The summed E-state index contributed by atoms with van der Waals surface area (Å²) in [5.74, 6) is -0.279. The Labute approximate surface area is 158 Å². The van der Waals surface area contributed by atoms with E-state index in [0.29, 0.717) is 16.3 Å². The number of hydrogen-bond donors (Lipinski definition) is 3. The van der Waals surface area contributed by atoms with Crippen molar-refractivity contribution < 1.29 is 13.2 Å². The molecule has 2 aromatic rings. The van der Waals surface area contributed by atoms with Gasteiger partial charge in [-0.2, -0.15) is 0 Å². The van der Waals surface area contributed by atoms with Crippen LogP contribution in [0.25, 0.3) is 0 Å². The van der Waals surface area contributed by atoms with E-state index in [2.05, 4.69) is 15.4 Å². The van der Waals surface area contributed by atoms with Crippen molar-refractivity contribution in [1.82, 2.24) is 10.6 Å². The number of piperidine rings is 1. The maximum absolute atomic E-state index is 12.6. The largest absolute Gasteiger partial charge is 0.348 e. The molecule has 0 unspecified atom stereocenters. The van der Waals surface area contributed by atoms with Crippen molar-refractivity contribution in [2.75, 3.05) is 17.8 Å². The Balaban J connectivity index is 1.76. The van der Waals surface area contributed by atoms with Gasteiger partial charge in [0.2, 0.25) is 0 Å². The number of hydrogen-bond acceptors (Lipinski definition) is 4. The summed E-state index contributed by atoms with van der Waals surface area (Å²) in [5.41, 5.74) is 0.671. The van der Waals surface area contributed by atoms with Gasteiger partial charge in [-0.3, -0.25) is 9.52 Å². The summed E-state index contributed by atoms with van der Waals surface area (Å²) in [6.45, 7) is 1.68. The van der Waals surface area contributed by atoms with Gasteiger partial charge in [-0.25, -0.2) is 8.42 Å². The standard InChI is InChI=1S/C18H20ClN3O3S/c19-14-5-2-6-15(11-14)22-26(24,25)17-8-1-4-13(10-17)18(23)21-16-7-3-9-20-12-16/h1-2,4-6,8,10-11,16,20,22H,3,7,9,12H2,(H,21,23)/t16-/m0/s1. The monoisotopic (exact) mass is 393 g/mol. The Bertz CT molecular complexity index is 896. The van der Waals surface area contributed by atoms with Gasteiger partial charge >= 0.3 is 0 Å². The summed E-state index contributed by atoms with van der Waals surface area (Å²) in [5, 5.41) is 6.59. The zero-order valence-electron chi connectivity index (χ0n) is 14.0. The lowest BCUT2D eigenvalue weighted by molar-refractivity contribution is 0.0930. The van der Waals surface area contributed by atoms with Crippen LogP contribution in [0, 0.1) is 0 Å². The fourth-order valence-electron chi connectivity index (χ4n) is 2.81. The maximum Gasteiger partial charge on any atom is 0.261 e. The van der Waals surface area contributed by atoms with Crippen LogP contribution in [0.2, 0.25) is 5.02 Å². The highest BCUT2D eigenvalue weighted by Gasteiger charge is 2.19. The summed E-state index contributed by atoms with van der Waals surface area (Å²) in [6.07, 6.45) is 1.91. The van der Waals surface area contributed by atoms with Crippen LogP contribution in [-0.2, 0) is 10.0 Å². The molecule has 1 fully saturated rings. The number of rotatable bonds is 5. The van der Waals surface area contributed by atoms with E-state index in [1.165, 1.54) is 18.2 Å². The molecule has 3 rings (SSSR count). The van der Waals surface area contributed by atoms with Crippen LogP contribution in [0.3, 0.4) is 0 Å². The Morgan fingerprint density at radius 2 is 1.96 bits per heavy atom. The number of anilines is 1. The fraction of sp³-hybridized carbons (Fsp3) is 0.278. The van der Waals surface area contributed by atoms with Gasteiger partial charge < -0.3 is 10.6 Å². The first kappa shape index (κ1) is 18.7. The quantitative estimate of drug-likeness (QED) is 0.728. The van der Waals surface area contributed by atoms with Crippen LogP contribution in [-0.4, -0.2) is 33.5 Å². The molecule has 138 valence electrons. The van der Waals surface area contributed by atoms with Crippen molar-refractivity contribution in [1.29, 1.82) is 0 Å². The fourth-order valence-corrected chi connectivity index (χ4v) is 4.10. The van der Waals surface area contributed by atoms with Crippen molar-refractivity contribution >= 4 is 33.2 Å². The molecule has 1 saturated heterocycles. The minimum Gasteiger partial charge on any atom is -0.348 e. The van der Waals surface area contributed by atoms with Crippen molar-refractivity contribution in [2.45, 2.75) is 23.8 Å². The van der Waals surface area contributed by atoms with Crippen LogP contribution in [0.1, 0.15) is 23.2 Å². The predicted molar refractivity (Wildman–Crippen MR) is 102 cm³/mol. The van der Waals surface area contributed by atoms with E-state index in [1.807, 2.05) is 0 Å². The normalized spacial score (nSPS) is 17.5. The molecular formula is C18H20ClN3O3S. The Morgan fingerprint density at radius 1 is 1.15 bits per heavy atom. The second kappa shape index (κ2) is 8.07. The maximum atomic E-state index is 12.6. The first-order valence-electron chi connectivity index (χ1n) is 8.34. The molecule has 1 aliphatic heterocycles. The van der Waals surface area contributed by atoms with E-state index in [-0.39, 0.29) is 16.8 Å². The van der Waals surface area contributed by atoms with Gasteiger partial charge in [0.05, 0.1) is 10.6 Å². The molecule has 2 aromatic carbocycles. The first-order valence-corrected chi connectivity index (χ1v) is 10.2. The molecule has 8 heteroatoms. The Morgan fingerprint density at radius 3 is 2.69 bits per heavy atom. The molecular weight excluding hydrogens is 374 g/mol. The third-order valence-corrected chi connectivity index (χ3v) is 5.73. The summed E-state index contributed by atoms with van der Waals surface area (Å²) in [7, 11) is -3.82. The van der Waals surface area contributed by atoms with Crippen LogP contribution < -0.4 is 15.4 Å². The van der Waals surface area contributed by atoms with Gasteiger partial charge in [-0.15, -0.1) is 0 Å². The van der Waals surface area contributed by atoms with Gasteiger partial charge in [0.25, 0.3) is 15.9 Å². The van der Waals surface area contributed by atoms with Crippen LogP contribution >= 0.6 is 11.6 Å². The summed E-state index contributed by atoms with van der Waals surface area (Å²) >= 11 is 5.89. The van der Waals surface area contributed by atoms with Gasteiger partial charge in [-0.1, -0.05) is 23.7 Å². The number of carbonyl (C=O) groups is 1. The minimum absolute atomic E-state index is 0.0203. The highest BCUT2D eigenvalue weighted by Crippen LogP contribution is 2.20. The number of halogens is 1. The average Bonchev–Trinajstić information content (AvgIpc) is 2.62. The smallest absolute Gasteiger partial charge is 0.261 e. The van der Waals surface area contributed by atoms with Gasteiger partial charge in [0, 0.05) is 23.2 Å². The zero-order valence-corrected chi connectivity index (χ0v) is 15.6. The summed E-state index contributed by atoms with van der Waals surface area (Å²) < 4.78 is 27.6. The molecule has 0 spiro atoms. The zero-order chi connectivity index (χ0) is 18.6. The van der Waals surface area contributed by atoms with Crippen molar-refractivity contribution in [2.24, 2.45) is 0 Å². The molecule has 0 bridgehead atoms. The molecule has 26 heavy (non-hydrogen) atoms. The number of benzene rings is 2. The minimum atomic E-state index is -3.82. The van der Waals surface area contributed by atoms with E-state index >= 15 is 0 Å². The average molecular weight is 394 g/mol. The lowest BCUT2D eigenvalue weighted by Gasteiger charge is -2.23. The van der Waals surface area contributed by atoms with E-state index < -0.39 is 10.0 Å². The number of amides is 1. The highest BCUT2D eigenvalue weighted by molar-refractivity contribution is 7.92. The molecule has 1 heterocycles. The summed E-state index contributed by atoms with van der Waals surface area (Å²) in [4.78, 5) is 12.4. The lowest BCUT2D eigenvalue weighted by atomic mass is 10.1. The number of sulfonamides is 1. The molecule has 0 saturated carbocycles. The molecule has 1 atom stereocenters. The number of nitrogens with one attached hydrogen (secondary N) is 3. The van der Waals surface area contributed by atoms with Crippen LogP contribution in [0.15, 0.2) is 53.4 Å². The van der Waals surface area contributed by atoms with Gasteiger partial charge in [-0.05, 0) is 55.8 Å². The highest BCUT2D eigenvalue weighted by atomic mass is 35.5. The van der Waals surface area contributed by atoms with Crippen LogP contribution in [0.4, 0.5) is 5.69 Å². The number of carbonyl (C=O) groups excluding carboxylic acids is 1. The second-order valence-corrected chi connectivity index (χ2v) is 8.28. The Hall–Kier alpha value is -2.09. The SMILES string of the molecule is O=C(N[C@H]1CCCNC1)c1cccc(S(=O)(=O)Nc2cccc(Cl)c2)c1. The predicted octanol–water partition coefficient (Wildman–Crippen LogP) is 2.62. The molecule has 0 aromatic heterocycles. The second-order valence-electron chi connectivity index (χ2n) is 6.16. The third-order valence-electron chi connectivity index (χ3n) is 4.12. The van der Waals surface area contributed by atoms with Crippen LogP contribution in [0.5, 0.6) is 0 Å². The molecule has 1 aliphatic rings. The Kier molecular flexibility index (Phi) is 5.80. The molecule has 0 radical (unpaired) electrons. The lowest BCUT2D eigenvalue weighted by Crippen LogP contribution is -2.45. The molecule has 3 N–H and O–H groups in total.